The third-order valence-corrected chi connectivity index (χ3v) is 4.58. The van der Waals surface area contributed by atoms with E-state index in [0.717, 1.165) is 0 Å². The molecule has 0 aromatic carbocycles. The van der Waals surface area contributed by atoms with E-state index in [0.29, 0.717) is 0 Å². The molecule has 0 aliphatic carbocycles. The van der Waals surface area contributed by atoms with Crippen LogP contribution in [0.3, 0.4) is 0 Å². The van der Waals surface area contributed by atoms with Crippen LogP contribution in [0.15, 0.2) is 0 Å². The molecule has 0 unspecified atom stereocenters. The van der Waals surface area contributed by atoms with Crippen molar-refractivity contribution in [2.45, 2.75) is 12.0 Å². The van der Waals surface area contributed by atoms with Gasteiger partial charge >= 0.3 is 33.0 Å². The first-order valence-electron chi connectivity index (χ1n) is 2.27. The Morgan fingerprint density at radius 2 is 1.15 bits per heavy atom. The zero-order valence-electron chi connectivity index (χ0n) is 5.92. The van der Waals surface area contributed by atoms with Gasteiger partial charge in [0.15, 0.2) is 0 Å². The van der Waals surface area contributed by atoms with Gasteiger partial charge in [-0.1, -0.05) is 0 Å². The average Bonchev–Trinajstić information content (AvgIpc) is 1.58. The van der Waals surface area contributed by atoms with Crippen LogP contribution in [0.2, 0.25) is 0 Å². The molecule has 0 spiro atoms. The summed E-state index contributed by atoms with van der Waals surface area (Å²) >= 11 is 0. The van der Waals surface area contributed by atoms with Gasteiger partial charge in [-0.15, -0.1) is 0 Å². The summed E-state index contributed by atoms with van der Waals surface area (Å²) in [5, 5.41) is 4.68. The molecule has 0 aliphatic heterocycles. The van der Waals surface area contributed by atoms with Crippen LogP contribution in [0.1, 0.15) is 6.92 Å². The molecule has 0 fully saturated rings. The minimum atomic E-state index is -5.82. The molecule has 0 rings (SSSR count). The van der Waals surface area contributed by atoms with Gasteiger partial charge < -0.3 is 33.8 Å². The van der Waals surface area contributed by atoms with Crippen molar-refractivity contribution in [3.63, 3.8) is 0 Å². The Labute approximate surface area is 94.1 Å². The van der Waals surface area contributed by atoms with Crippen LogP contribution in [-0.4, -0.2) is 10.2 Å². The zero-order chi connectivity index (χ0) is 9.50. The predicted molar refractivity (Wildman–Crippen MR) is 25.8 cm³/mol. The minimum absolute atomic E-state index is 0. The first kappa shape index (κ1) is 19.8. The van der Waals surface area contributed by atoms with Crippen molar-refractivity contribution in [3.8, 4) is 0 Å². The van der Waals surface area contributed by atoms with E-state index in [9.17, 15) is 28.7 Å². The second kappa shape index (κ2) is 5.36. The van der Waals surface area contributed by atoms with Crippen LogP contribution in [0.5, 0.6) is 0 Å². The SMILES string of the molecule is CC(O)(P(=O)([O-])[O-])P(=O)([O-])[O-].[Ni+2].[Ni+2]. The van der Waals surface area contributed by atoms with Gasteiger partial charge in [0.25, 0.3) is 0 Å². The summed E-state index contributed by atoms with van der Waals surface area (Å²) in [6.45, 7) is 0.133. The molecule has 0 saturated heterocycles. The van der Waals surface area contributed by atoms with Gasteiger partial charge in [-0.05, 0) is 22.1 Å². The first-order chi connectivity index (χ1) is 4.50. The zero-order valence-corrected chi connectivity index (χ0v) is 9.69. The van der Waals surface area contributed by atoms with Crippen molar-refractivity contribution >= 4 is 15.2 Å². The summed E-state index contributed by atoms with van der Waals surface area (Å²) in [7, 11) is -11.6. The molecule has 0 amide bonds. The number of hydrogen-bond donors (Lipinski definition) is 1. The summed E-state index contributed by atoms with van der Waals surface area (Å²) in [5.74, 6) is 0. The van der Waals surface area contributed by atoms with E-state index in [2.05, 4.69) is 0 Å². The van der Waals surface area contributed by atoms with Gasteiger partial charge in [-0.25, -0.2) is 0 Å². The molecule has 84 valence electrons. The first-order valence-corrected chi connectivity index (χ1v) is 5.35. The van der Waals surface area contributed by atoms with Gasteiger partial charge in [-0.3, -0.25) is 0 Å². The fraction of sp³-hybridized carbons (Fsp3) is 1.00. The van der Waals surface area contributed by atoms with E-state index < -0.39 is 20.3 Å². The van der Waals surface area contributed by atoms with Crippen LogP contribution in [0.25, 0.3) is 0 Å². The Kier molecular flexibility index (Phi) is 8.15. The Balaban J connectivity index is -0.000000500. The Hall–Kier alpha value is 1.25. The molecular formula is C2H4Ni2O7P2. The molecule has 1 N–H and O–H groups in total. The van der Waals surface area contributed by atoms with Crippen LogP contribution in [-0.2, 0) is 42.1 Å². The van der Waals surface area contributed by atoms with Gasteiger partial charge in [0, 0.05) is 0 Å². The molecule has 0 heterocycles. The van der Waals surface area contributed by atoms with E-state index >= 15 is 0 Å². The van der Waals surface area contributed by atoms with Crippen molar-refractivity contribution in [1.82, 2.24) is 0 Å². The molecular weight excluding hydrogens is 315 g/mol. The maximum Gasteiger partial charge on any atom is 2.00 e. The fourth-order valence-electron chi connectivity index (χ4n) is 0.150. The maximum atomic E-state index is 9.95. The Bertz CT molecular complexity index is 215. The second-order valence-electron chi connectivity index (χ2n) is 1.97. The van der Waals surface area contributed by atoms with Gasteiger partial charge in [0.2, 0.25) is 0 Å². The molecule has 0 atom stereocenters. The summed E-state index contributed by atoms with van der Waals surface area (Å²) in [5.41, 5.74) is 0. The summed E-state index contributed by atoms with van der Waals surface area (Å²) in [6, 6.07) is 0. The largest absolute Gasteiger partial charge is 2.00 e. The molecule has 0 saturated carbocycles. The smallest absolute Gasteiger partial charge is 0.808 e. The number of hydrogen-bond acceptors (Lipinski definition) is 7. The normalized spacial score (nSPS) is 12.8. The fourth-order valence-corrected chi connectivity index (χ4v) is 1.35. The van der Waals surface area contributed by atoms with Crippen molar-refractivity contribution < 1.29 is 66.8 Å². The van der Waals surface area contributed by atoms with Crippen LogP contribution in [0, 0.1) is 0 Å². The second-order valence-corrected chi connectivity index (χ2v) is 6.05. The van der Waals surface area contributed by atoms with E-state index in [-0.39, 0.29) is 39.9 Å². The number of aliphatic hydroxyl groups is 1. The van der Waals surface area contributed by atoms with E-state index in [4.69, 9.17) is 5.11 Å². The summed E-state index contributed by atoms with van der Waals surface area (Å²) < 4.78 is 19.9. The van der Waals surface area contributed by atoms with Crippen molar-refractivity contribution in [1.29, 1.82) is 0 Å². The molecule has 0 aromatic heterocycles. The monoisotopic (exact) mass is 318 g/mol. The molecule has 0 radical (unpaired) electrons. The van der Waals surface area contributed by atoms with Gasteiger partial charge in [-0.2, -0.15) is 0 Å². The minimum Gasteiger partial charge on any atom is -0.808 e. The summed E-state index contributed by atoms with van der Waals surface area (Å²) in [4.78, 5) is 39.8. The third kappa shape index (κ3) is 4.52. The Morgan fingerprint density at radius 3 is 1.15 bits per heavy atom. The Morgan fingerprint density at radius 1 is 1.00 bits per heavy atom. The van der Waals surface area contributed by atoms with Crippen LogP contribution >= 0.6 is 15.2 Å². The van der Waals surface area contributed by atoms with Crippen LogP contribution in [0.4, 0.5) is 0 Å². The quantitative estimate of drug-likeness (QED) is 0.410. The van der Waals surface area contributed by atoms with Crippen molar-refractivity contribution in [2.75, 3.05) is 0 Å². The van der Waals surface area contributed by atoms with Crippen molar-refractivity contribution in [3.05, 3.63) is 0 Å². The number of rotatable bonds is 2. The molecule has 0 aliphatic rings. The van der Waals surface area contributed by atoms with Crippen LogP contribution < -0.4 is 19.6 Å². The van der Waals surface area contributed by atoms with Gasteiger partial charge in [0.1, 0.15) is 5.08 Å². The molecule has 11 heteroatoms. The predicted octanol–water partition coefficient (Wildman–Crippen LogP) is -3.53. The van der Waals surface area contributed by atoms with E-state index in [1.54, 1.807) is 0 Å². The topological polar surface area (TPSA) is 147 Å². The van der Waals surface area contributed by atoms with Gasteiger partial charge in [0.05, 0.1) is 0 Å². The average molecular weight is 319 g/mol. The maximum absolute atomic E-state index is 9.95. The molecule has 0 aromatic rings. The molecule has 13 heavy (non-hydrogen) atoms. The third-order valence-electron chi connectivity index (χ3n) is 1.04. The van der Waals surface area contributed by atoms with Crippen molar-refractivity contribution in [2.24, 2.45) is 0 Å². The van der Waals surface area contributed by atoms with E-state index in [1.807, 2.05) is 0 Å². The standard InChI is InChI=1S/C2H8O7P2.2Ni/c1-2(3,10(4,5)6)11(7,8)9;;/h3H,1H3,(H2,4,5,6)(H2,7,8,9);;/q;2*+2/p-4. The van der Waals surface area contributed by atoms with E-state index in [1.165, 1.54) is 0 Å². The molecule has 7 nitrogen and oxygen atoms in total. The summed E-state index contributed by atoms with van der Waals surface area (Å²) in [6.07, 6.45) is 0. The molecule has 0 bridgehead atoms.